The second-order valence-electron chi connectivity index (χ2n) is 4.54. The Morgan fingerprint density at radius 1 is 0.625 bits per heavy atom. The van der Waals surface area contributed by atoms with Crippen molar-refractivity contribution < 1.29 is 36.6 Å². The van der Waals surface area contributed by atoms with Gasteiger partial charge in [0, 0.05) is 0 Å². The van der Waals surface area contributed by atoms with Crippen LogP contribution in [0.3, 0.4) is 0 Å². The number of alkyl halides is 6. The number of benzene rings is 2. The number of hydrogen-bond donors (Lipinski definition) is 4. The summed E-state index contributed by atoms with van der Waals surface area (Å²) in [6, 6.07) is 4.84. The van der Waals surface area contributed by atoms with Crippen molar-refractivity contribution in [3.05, 3.63) is 47.5 Å². The summed E-state index contributed by atoms with van der Waals surface area (Å²) >= 11 is 0. The maximum atomic E-state index is 11.9. The average Bonchev–Trinajstić information content (AvgIpc) is 2.43. The highest BCUT2D eigenvalue weighted by Gasteiger charge is 2.31. The molecular weight excluding hydrogens is 342 g/mol. The van der Waals surface area contributed by atoms with E-state index in [-0.39, 0.29) is 11.4 Å². The Kier molecular flexibility index (Phi) is 5.43. The van der Waals surface area contributed by atoms with Gasteiger partial charge < -0.3 is 21.7 Å². The highest BCUT2D eigenvalue weighted by Crippen LogP contribution is 2.34. The summed E-state index contributed by atoms with van der Waals surface area (Å²) in [5.74, 6) is -1.10. The minimum Gasteiger partial charge on any atom is -0.506 e. The van der Waals surface area contributed by atoms with Gasteiger partial charge in [-0.05, 0) is 36.4 Å². The minimum absolute atomic E-state index is 0.0667. The SMILES string of the molecule is Nc1ccc(C(F)(F)F)cc1O.Nc1ccc(C(F)(F)F)cc1O. The summed E-state index contributed by atoms with van der Waals surface area (Å²) < 4.78 is 71.7. The van der Waals surface area contributed by atoms with Crippen molar-refractivity contribution in [3.63, 3.8) is 0 Å². The first-order chi connectivity index (χ1) is 10.8. The molecule has 0 heterocycles. The van der Waals surface area contributed by atoms with Crippen molar-refractivity contribution in [1.82, 2.24) is 0 Å². The highest BCUT2D eigenvalue weighted by molar-refractivity contribution is 5.54. The number of anilines is 2. The van der Waals surface area contributed by atoms with Gasteiger partial charge in [-0.2, -0.15) is 26.3 Å². The molecule has 0 aliphatic heterocycles. The van der Waals surface area contributed by atoms with Crippen LogP contribution in [0.25, 0.3) is 0 Å². The van der Waals surface area contributed by atoms with Crippen LogP contribution < -0.4 is 11.5 Å². The molecule has 0 amide bonds. The van der Waals surface area contributed by atoms with E-state index in [9.17, 15) is 26.3 Å². The van der Waals surface area contributed by atoms with Crippen LogP contribution in [-0.4, -0.2) is 10.2 Å². The van der Waals surface area contributed by atoms with Gasteiger partial charge in [0.2, 0.25) is 0 Å². The molecule has 6 N–H and O–H groups in total. The van der Waals surface area contributed by atoms with Crippen molar-refractivity contribution in [2.24, 2.45) is 0 Å². The molecule has 132 valence electrons. The monoisotopic (exact) mass is 354 g/mol. The van der Waals surface area contributed by atoms with Crippen molar-refractivity contribution in [2.45, 2.75) is 12.4 Å². The smallest absolute Gasteiger partial charge is 0.416 e. The molecule has 0 unspecified atom stereocenters. The fourth-order valence-electron chi connectivity index (χ4n) is 1.44. The molecule has 10 heteroatoms. The van der Waals surface area contributed by atoms with Crippen LogP contribution in [0.2, 0.25) is 0 Å². The van der Waals surface area contributed by atoms with Gasteiger partial charge in [-0.3, -0.25) is 0 Å². The van der Waals surface area contributed by atoms with Gasteiger partial charge >= 0.3 is 12.4 Å². The van der Waals surface area contributed by atoms with Crippen molar-refractivity contribution in [1.29, 1.82) is 0 Å². The molecule has 0 atom stereocenters. The summed E-state index contributed by atoms with van der Waals surface area (Å²) in [7, 11) is 0. The molecule has 2 rings (SSSR count). The van der Waals surface area contributed by atoms with E-state index < -0.39 is 35.0 Å². The van der Waals surface area contributed by atoms with Crippen LogP contribution in [0, 0.1) is 0 Å². The van der Waals surface area contributed by atoms with Gasteiger partial charge in [0.1, 0.15) is 11.5 Å². The lowest BCUT2D eigenvalue weighted by molar-refractivity contribution is -0.138. The first-order valence-corrected chi connectivity index (χ1v) is 6.13. The van der Waals surface area contributed by atoms with E-state index in [4.69, 9.17) is 21.7 Å². The second-order valence-corrected chi connectivity index (χ2v) is 4.54. The predicted molar refractivity (Wildman–Crippen MR) is 75.0 cm³/mol. The van der Waals surface area contributed by atoms with Crippen LogP contribution in [0.15, 0.2) is 36.4 Å². The Labute approximate surface area is 131 Å². The molecule has 2 aromatic carbocycles. The Morgan fingerprint density at radius 3 is 1.12 bits per heavy atom. The third-order valence-corrected chi connectivity index (χ3v) is 2.72. The maximum Gasteiger partial charge on any atom is 0.416 e. The fourth-order valence-corrected chi connectivity index (χ4v) is 1.44. The van der Waals surface area contributed by atoms with E-state index >= 15 is 0 Å². The third-order valence-electron chi connectivity index (χ3n) is 2.72. The Morgan fingerprint density at radius 2 is 0.917 bits per heavy atom. The number of phenols is 2. The van der Waals surface area contributed by atoms with E-state index in [0.717, 1.165) is 24.3 Å². The molecule has 0 fully saturated rings. The lowest BCUT2D eigenvalue weighted by Crippen LogP contribution is -2.04. The zero-order valence-electron chi connectivity index (χ0n) is 11.8. The van der Waals surface area contributed by atoms with Crippen LogP contribution in [0.4, 0.5) is 37.7 Å². The van der Waals surface area contributed by atoms with E-state index in [2.05, 4.69) is 0 Å². The summed E-state index contributed by atoms with van der Waals surface area (Å²) in [6.45, 7) is 0. The molecule has 0 aromatic heterocycles. The first kappa shape index (κ1) is 19.3. The minimum atomic E-state index is -4.44. The number of aromatic hydroxyl groups is 2. The van der Waals surface area contributed by atoms with Gasteiger partial charge in [-0.15, -0.1) is 0 Å². The molecule has 2 aromatic rings. The highest BCUT2D eigenvalue weighted by atomic mass is 19.4. The predicted octanol–water partition coefficient (Wildman–Crippen LogP) is 3.99. The van der Waals surface area contributed by atoms with E-state index in [1.54, 1.807) is 0 Å². The summed E-state index contributed by atoms with van der Waals surface area (Å²) in [5, 5.41) is 17.7. The van der Waals surface area contributed by atoms with Crippen molar-refractivity contribution >= 4 is 11.4 Å². The number of hydrogen-bond acceptors (Lipinski definition) is 4. The molecule has 0 saturated carbocycles. The number of nitrogen functional groups attached to an aromatic ring is 2. The van der Waals surface area contributed by atoms with Crippen molar-refractivity contribution in [2.75, 3.05) is 11.5 Å². The van der Waals surface area contributed by atoms with Gasteiger partial charge in [-0.25, -0.2) is 0 Å². The van der Waals surface area contributed by atoms with Crippen LogP contribution in [0.5, 0.6) is 11.5 Å². The Hall–Kier alpha value is -2.78. The van der Waals surface area contributed by atoms with Crippen LogP contribution in [0.1, 0.15) is 11.1 Å². The fraction of sp³-hybridized carbons (Fsp3) is 0.143. The van der Waals surface area contributed by atoms with E-state index in [1.807, 2.05) is 0 Å². The standard InChI is InChI=1S/2C7H6F3NO/c2*8-7(9,10)4-1-2-5(11)6(12)3-4/h2*1-3,12H,11H2. The largest absolute Gasteiger partial charge is 0.506 e. The lowest BCUT2D eigenvalue weighted by atomic mass is 10.2. The van der Waals surface area contributed by atoms with Crippen LogP contribution in [-0.2, 0) is 12.4 Å². The maximum absolute atomic E-state index is 11.9. The number of rotatable bonds is 0. The van der Waals surface area contributed by atoms with E-state index in [1.165, 1.54) is 0 Å². The van der Waals surface area contributed by atoms with Gasteiger partial charge in [0.25, 0.3) is 0 Å². The quantitative estimate of drug-likeness (QED) is 0.327. The normalized spacial score (nSPS) is 11.6. The molecule has 0 radical (unpaired) electrons. The number of halogens is 6. The van der Waals surface area contributed by atoms with Gasteiger partial charge in [0.15, 0.2) is 0 Å². The zero-order chi connectivity index (χ0) is 18.7. The first-order valence-electron chi connectivity index (χ1n) is 6.13. The van der Waals surface area contributed by atoms with E-state index in [0.29, 0.717) is 12.1 Å². The topological polar surface area (TPSA) is 92.5 Å². The summed E-state index contributed by atoms with van der Waals surface area (Å²) in [4.78, 5) is 0. The molecule has 0 bridgehead atoms. The van der Waals surface area contributed by atoms with Crippen molar-refractivity contribution in [3.8, 4) is 11.5 Å². The second kappa shape index (κ2) is 6.77. The number of nitrogens with two attached hydrogens (primary N) is 2. The van der Waals surface area contributed by atoms with Gasteiger partial charge in [-0.1, -0.05) is 0 Å². The average molecular weight is 354 g/mol. The summed E-state index contributed by atoms with van der Waals surface area (Å²) in [6.07, 6.45) is -8.88. The lowest BCUT2D eigenvalue weighted by Gasteiger charge is -2.07. The van der Waals surface area contributed by atoms with Crippen LogP contribution >= 0.6 is 0 Å². The summed E-state index contributed by atoms with van der Waals surface area (Å²) in [5.41, 5.74) is 8.28. The zero-order valence-corrected chi connectivity index (χ0v) is 11.8. The molecule has 4 nitrogen and oxygen atoms in total. The molecule has 0 aliphatic carbocycles. The molecule has 0 saturated heterocycles. The molecular formula is C14H12F6N2O2. The van der Waals surface area contributed by atoms with Gasteiger partial charge in [0.05, 0.1) is 22.5 Å². The number of phenolic OH excluding ortho intramolecular Hbond substituents is 2. The Bertz CT molecular complexity index is 652. The Balaban J connectivity index is 0.000000240. The molecule has 0 aliphatic rings. The third kappa shape index (κ3) is 5.14. The molecule has 24 heavy (non-hydrogen) atoms. The molecule has 0 spiro atoms.